The van der Waals surface area contributed by atoms with Crippen LogP contribution in [0.15, 0.2) is 78.6 Å². The average Bonchev–Trinajstić information content (AvgIpc) is 3.17. The Hall–Kier alpha value is -3.46. The maximum atomic E-state index is 4.93. The van der Waals surface area contributed by atoms with Crippen molar-refractivity contribution in [1.82, 2.24) is 9.97 Å². The maximum Gasteiger partial charge on any atom is 0.0745 e. The summed E-state index contributed by atoms with van der Waals surface area (Å²) in [6, 6.07) is 22.1. The summed E-state index contributed by atoms with van der Waals surface area (Å²) in [4.78, 5) is 9.31. The van der Waals surface area contributed by atoms with Gasteiger partial charge in [-0.2, -0.15) is 0 Å². The Kier molecular flexibility index (Phi) is 4.34. The SMILES string of the molecule is Cc1cncc(-c2cc(NC3CCC4=C(C3)c3ccccc3C4)c3ccccc3n2)c1. The van der Waals surface area contributed by atoms with Gasteiger partial charge in [-0.1, -0.05) is 48.0 Å². The number of nitrogens with zero attached hydrogens (tertiary/aromatic N) is 2. The van der Waals surface area contributed by atoms with Crippen molar-refractivity contribution in [2.75, 3.05) is 5.32 Å². The molecule has 2 aromatic heterocycles. The van der Waals surface area contributed by atoms with Crippen molar-refractivity contribution in [1.29, 1.82) is 0 Å². The van der Waals surface area contributed by atoms with Crippen molar-refractivity contribution in [2.45, 2.75) is 38.6 Å². The topological polar surface area (TPSA) is 37.8 Å². The first-order chi connectivity index (χ1) is 15.2. The summed E-state index contributed by atoms with van der Waals surface area (Å²) in [6.07, 6.45) is 8.37. The number of hydrogen-bond acceptors (Lipinski definition) is 3. The van der Waals surface area contributed by atoms with E-state index in [1.807, 2.05) is 12.4 Å². The fourth-order valence-electron chi connectivity index (χ4n) is 5.17. The molecule has 152 valence electrons. The van der Waals surface area contributed by atoms with Crippen LogP contribution in [0.1, 0.15) is 36.0 Å². The Morgan fingerprint density at radius 3 is 2.77 bits per heavy atom. The number of nitrogens with one attached hydrogen (secondary N) is 1. The van der Waals surface area contributed by atoms with Crippen LogP contribution in [0.3, 0.4) is 0 Å². The number of allylic oxidation sites excluding steroid dienone is 1. The maximum absolute atomic E-state index is 4.93. The van der Waals surface area contributed by atoms with E-state index in [0.29, 0.717) is 6.04 Å². The van der Waals surface area contributed by atoms with E-state index in [4.69, 9.17) is 4.98 Å². The summed E-state index contributed by atoms with van der Waals surface area (Å²) in [7, 11) is 0. The molecule has 6 rings (SSSR count). The van der Waals surface area contributed by atoms with Crippen molar-refractivity contribution < 1.29 is 0 Å². The first-order valence-corrected chi connectivity index (χ1v) is 11.1. The minimum atomic E-state index is 0.430. The predicted molar refractivity (Wildman–Crippen MR) is 128 cm³/mol. The van der Waals surface area contributed by atoms with Crippen molar-refractivity contribution in [3.05, 3.63) is 95.3 Å². The lowest BCUT2D eigenvalue weighted by molar-refractivity contribution is 0.635. The van der Waals surface area contributed by atoms with Crippen LogP contribution >= 0.6 is 0 Å². The van der Waals surface area contributed by atoms with Crippen LogP contribution in [0.2, 0.25) is 0 Å². The summed E-state index contributed by atoms with van der Waals surface area (Å²) in [6.45, 7) is 2.07. The van der Waals surface area contributed by atoms with Crippen LogP contribution in [0, 0.1) is 6.92 Å². The van der Waals surface area contributed by atoms with Gasteiger partial charge in [-0.3, -0.25) is 4.98 Å². The third-order valence-electron chi connectivity index (χ3n) is 6.66. The zero-order valence-corrected chi connectivity index (χ0v) is 17.7. The highest BCUT2D eigenvalue weighted by molar-refractivity contribution is 5.94. The molecular formula is C28H25N3. The Labute approximate surface area is 182 Å². The summed E-state index contributed by atoms with van der Waals surface area (Å²) in [5, 5.41) is 5.08. The molecule has 0 fully saturated rings. The number of para-hydroxylation sites is 1. The first kappa shape index (κ1) is 18.3. The summed E-state index contributed by atoms with van der Waals surface area (Å²) in [5.41, 5.74) is 11.5. The van der Waals surface area contributed by atoms with E-state index in [1.54, 1.807) is 11.1 Å². The molecule has 4 aromatic rings. The summed E-state index contributed by atoms with van der Waals surface area (Å²) >= 11 is 0. The molecule has 0 saturated heterocycles. The number of hydrogen-bond donors (Lipinski definition) is 1. The number of aromatic nitrogens is 2. The molecule has 2 aliphatic carbocycles. The second kappa shape index (κ2) is 7.35. The van der Waals surface area contributed by atoms with Gasteiger partial charge in [0, 0.05) is 35.1 Å². The lowest BCUT2D eigenvalue weighted by Crippen LogP contribution is -2.23. The predicted octanol–water partition coefficient (Wildman–Crippen LogP) is 6.58. The van der Waals surface area contributed by atoms with Crippen LogP contribution < -0.4 is 5.32 Å². The van der Waals surface area contributed by atoms with Crippen molar-refractivity contribution in [2.24, 2.45) is 0 Å². The van der Waals surface area contributed by atoms with E-state index in [-0.39, 0.29) is 0 Å². The number of aryl methyl sites for hydroxylation is 1. The smallest absolute Gasteiger partial charge is 0.0745 e. The monoisotopic (exact) mass is 403 g/mol. The third-order valence-corrected chi connectivity index (χ3v) is 6.66. The highest BCUT2D eigenvalue weighted by Crippen LogP contribution is 2.42. The van der Waals surface area contributed by atoms with Crippen LogP contribution in [0.4, 0.5) is 5.69 Å². The summed E-state index contributed by atoms with van der Waals surface area (Å²) in [5.74, 6) is 0. The van der Waals surface area contributed by atoms with E-state index < -0.39 is 0 Å². The van der Waals surface area contributed by atoms with Crippen molar-refractivity contribution in [3.8, 4) is 11.3 Å². The molecule has 0 saturated carbocycles. The largest absolute Gasteiger partial charge is 0.381 e. The Morgan fingerprint density at radius 2 is 1.84 bits per heavy atom. The fraction of sp³-hybridized carbons (Fsp3) is 0.214. The molecule has 0 spiro atoms. The average molecular weight is 404 g/mol. The first-order valence-electron chi connectivity index (χ1n) is 11.1. The number of rotatable bonds is 3. The van der Waals surface area contributed by atoms with Gasteiger partial charge < -0.3 is 5.32 Å². The number of benzene rings is 2. The molecule has 2 heterocycles. The number of anilines is 1. The van der Waals surface area contributed by atoms with Gasteiger partial charge in [0.1, 0.15) is 0 Å². The lowest BCUT2D eigenvalue weighted by Gasteiger charge is -2.27. The van der Waals surface area contributed by atoms with Gasteiger partial charge in [-0.05, 0) is 73.1 Å². The Balaban J connectivity index is 1.36. The van der Waals surface area contributed by atoms with Crippen molar-refractivity contribution in [3.63, 3.8) is 0 Å². The molecule has 0 bridgehead atoms. The van der Waals surface area contributed by atoms with Gasteiger partial charge >= 0.3 is 0 Å². The molecule has 1 atom stereocenters. The molecule has 0 amide bonds. The molecule has 1 N–H and O–H groups in total. The van der Waals surface area contributed by atoms with E-state index in [2.05, 4.69) is 77.9 Å². The Bertz CT molecular complexity index is 1340. The zero-order chi connectivity index (χ0) is 20.8. The second-order valence-corrected chi connectivity index (χ2v) is 8.82. The minimum absolute atomic E-state index is 0.430. The quantitative estimate of drug-likeness (QED) is 0.420. The number of pyridine rings is 2. The second-order valence-electron chi connectivity index (χ2n) is 8.82. The van der Waals surface area contributed by atoms with Crippen LogP contribution in [-0.4, -0.2) is 16.0 Å². The molecule has 0 aliphatic heterocycles. The van der Waals surface area contributed by atoms with Crippen LogP contribution in [0.25, 0.3) is 27.7 Å². The van der Waals surface area contributed by atoms with Gasteiger partial charge in [-0.15, -0.1) is 0 Å². The molecule has 2 aromatic carbocycles. The molecular weight excluding hydrogens is 378 g/mol. The number of fused-ring (bicyclic) bond motifs is 3. The molecule has 0 radical (unpaired) electrons. The zero-order valence-electron chi connectivity index (χ0n) is 17.7. The minimum Gasteiger partial charge on any atom is -0.381 e. The fourth-order valence-corrected chi connectivity index (χ4v) is 5.17. The Morgan fingerprint density at radius 1 is 0.968 bits per heavy atom. The highest BCUT2D eigenvalue weighted by atomic mass is 14.9. The van der Waals surface area contributed by atoms with E-state index in [0.717, 1.165) is 35.2 Å². The molecule has 31 heavy (non-hydrogen) atoms. The molecule has 1 unspecified atom stereocenters. The van der Waals surface area contributed by atoms with E-state index in [1.165, 1.54) is 35.0 Å². The van der Waals surface area contributed by atoms with Crippen molar-refractivity contribution >= 4 is 22.2 Å². The van der Waals surface area contributed by atoms with Gasteiger partial charge in [-0.25, -0.2) is 4.98 Å². The molecule has 3 heteroatoms. The molecule has 3 nitrogen and oxygen atoms in total. The third kappa shape index (κ3) is 3.31. The van der Waals surface area contributed by atoms with Crippen LogP contribution in [-0.2, 0) is 6.42 Å². The van der Waals surface area contributed by atoms with Crippen LogP contribution in [0.5, 0.6) is 0 Å². The normalized spacial score (nSPS) is 17.5. The highest BCUT2D eigenvalue weighted by Gasteiger charge is 2.28. The standard InChI is InChI=1S/C28H25N3/c1-18-12-21(17-29-16-18)27-15-28(24-8-4-5-9-26(24)31-27)30-22-11-10-20-13-19-6-2-3-7-23(19)25(20)14-22/h2-9,12,15-17,22H,10-11,13-14H2,1H3,(H,30,31). The lowest BCUT2D eigenvalue weighted by atomic mass is 9.88. The van der Waals surface area contributed by atoms with Gasteiger partial charge in [0.15, 0.2) is 0 Å². The van der Waals surface area contributed by atoms with Gasteiger partial charge in [0.05, 0.1) is 11.2 Å². The van der Waals surface area contributed by atoms with E-state index >= 15 is 0 Å². The van der Waals surface area contributed by atoms with Gasteiger partial charge in [0.25, 0.3) is 0 Å². The van der Waals surface area contributed by atoms with E-state index in [9.17, 15) is 0 Å². The molecule has 2 aliphatic rings. The summed E-state index contributed by atoms with van der Waals surface area (Å²) < 4.78 is 0. The van der Waals surface area contributed by atoms with Gasteiger partial charge in [0.2, 0.25) is 0 Å².